The van der Waals surface area contributed by atoms with Crippen LogP contribution in [0.3, 0.4) is 0 Å². The molecule has 0 aliphatic rings. The first-order valence-electron chi connectivity index (χ1n) is 9.47. The van der Waals surface area contributed by atoms with Gasteiger partial charge in [-0.15, -0.1) is 11.3 Å². The average Bonchev–Trinajstić information content (AvgIpc) is 3.25. The summed E-state index contributed by atoms with van der Waals surface area (Å²) < 4.78 is 16.0. The number of ether oxygens (including phenoxy) is 3. The first kappa shape index (κ1) is 20.6. The van der Waals surface area contributed by atoms with Crippen LogP contribution in [0.5, 0.6) is 17.2 Å². The van der Waals surface area contributed by atoms with Crippen LogP contribution < -0.4 is 19.5 Å². The Bertz CT molecular complexity index is 1270. The Kier molecular flexibility index (Phi) is 5.73. The summed E-state index contributed by atoms with van der Waals surface area (Å²) in [5.41, 5.74) is 3.40. The second kappa shape index (κ2) is 8.61. The third-order valence-corrected chi connectivity index (χ3v) is 5.62. The molecule has 1 N–H and O–H groups in total. The summed E-state index contributed by atoms with van der Waals surface area (Å²) in [5.74, 6) is 1.81. The number of pyridine rings is 1. The predicted octanol–water partition coefficient (Wildman–Crippen LogP) is 4.94. The van der Waals surface area contributed by atoms with Gasteiger partial charge in [-0.1, -0.05) is 0 Å². The molecular weight excluding hydrogens is 414 g/mol. The van der Waals surface area contributed by atoms with Gasteiger partial charge in [-0.05, 0) is 49.4 Å². The topological polar surface area (TPSA) is 82.6 Å². The molecule has 0 bridgehead atoms. The van der Waals surface area contributed by atoms with E-state index in [0.717, 1.165) is 16.5 Å². The third kappa shape index (κ3) is 4.15. The number of rotatable bonds is 6. The van der Waals surface area contributed by atoms with Gasteiger partial charge in [-0.2, -0.15) is 0 Å². The van der Waals surface area contributed by atoms with E-state index in [1.807, 2.05) is 54.8 Å². The molecule has 31 heavy (non-hydrogen) atoms. The second-order valence-corrected chi connectivity index (χ2v) is 7.60. The smallest absolute Gasteiger partial charge is 0.259 e. The molecule has 0 fully saturated rings. The van der Waals surface area contributed by atoms with Crippen molar-refractivity contribution < 1.29 is 19.0 Å². The number of benzene rings is 2. The van der Waals surface area contributed by atoms with Crippen molar-refractivity contribution in [3.8, 4) is 28.5 Å². The van der Waals surface area contributed by atoms with Gasteiger partial charge in [0.15, 0.2) is 5.13 Å². The zero-order valence-electron chi connectivity index (χ0n) is 17.6. The van der Waals surface area contributed by atoms with Gasteiger partial charge in [-0.25, -0.2) is 4.98 Å². The number of anilines is 1. The zero-order chi connectivity index (χ0) is 22.0. The second-order valence-electron chi connectivity index (χ2n) is 6.74. The van der Waals surface area contributed by atoms with Crippen molar-refractivity contribution in [1.82, 2.24) is 9.97 Å². The Hall–Kier alpha value is -3.65. The van der Waals surface area contributed by atoms with Gasteiger partial charge in [-0.3, -0.25) is 15.1 Å². The standard InChI is InChI=1S/C23H21N3O4S/c1-13-17(10-14-9-15(28-2)5-7-19(14)24-13)22(27)26-23-25-20(12-31-23)18-11-16(29-3)6-8-21(18)30-4/h5-12H,1-4H3,(H,25,26,27). The quantitative estimate of drug-likeness (QED) is 0.462. The van der Waals surface area contributed by atoms with Gasteiger partial charge in [0.25, 0.3) is 5.91 Å². The van der Waals surface area contributed by atoms with E-state index in [1.165, 1.54) is 11.3 Å². The lowest BCUT2D eigenvalue weighted by Crippen LogP contribution is -2.14. The zero-order valence-corrected chi connectivity index (χ0v) is 18.4. The monoisotopic (exact) mass is 435 g/mol. The predicted molar refractivity (Wildman–Crippen MR) is 122 cm³/mol. The van der Waals surface area contributed by atoms with Crippen molar-refractivity contribution in [3.05, 3.63) is 59.1 Å². The molecule has 4 rings (SSSR count). The van der Waals surface area contributed by atoms with Gasteiger partial charge in [0, 0.05) is 16.3 Å². The maximum absolute atomic E-state index is 12.9. The number of hydrogen-bond donors (Lipinski definition) is 1. The fraction of sp³-hybridized carbons (Fsp3) is 0.174. The molecule has 0 aliphatic carbocycles. The van der Waals surface area contributed by atoms with Crippen molar-refractivity contribution in [1.29, 1.82) is 0 Å². The number of nitrogens with zero attached hydrogens (tertiary/aromatic N) is 2. The Morgan fingerprint density at radius 2 is 1.68 bits per heavy atom. The minimum absolute atomic E-state index is 0.270. The van der Waals surface area contributed by atoms with Gasteiger partial charge >= 0.3 is 0 Å². The fourth-order valence-electron chi connectivity index (χ4n) is 3.24. The minimum Gasteiger partial charge on any atom is -0.497 e. The van der Waals surface area contributed by atoms with Crippen LogP contribution in [-0.2, 0) is 0 Å². The first-order chi connectivity index (χ1) is 15.0. The molecule has 0 saturated heterocycles. The number of thiazole rings is 1. The molecule has 8 heteroatoms. The molecule has 0 spiro atoms. The summed E-state index contributed by atoms with van der Waals surface area (Å²) >= 11 is 1.34. The molecule has 158 valence electrons. The van der Waals surface area contributed by atoms with Gasteiger partial charge in [0.1, 0.15) is 17.2 Å². The molecule has 0 atom stereocenters. The van der Waals surface area contributed by atoms with Crippen molar-refractivity contribution in [2.45, 2.75) is 6.92 Å². The highest BCUT2D eigenvalue weighted by Crippen LogP contribution is 2.35. The molecular formula is C23H21N3O4S. The van der Waals surface area contributed by atoms with E-state index in [-0.39, 0.29) is 5.91 Å². The Labute approximate surface area is 183 Å². The van der Waals surface area contributed by atoms with Crippen LogP contribution in [0.1, 0.15) is 16.1 Å². The number of carbonyl (C=O) groups excluding carboxylic acids is 1. The number of aromatic nitrogens is 2. The molecule has 0 radical (unpaired) electrons. The van der Waals surface area contributed by atoms with Crippen molar-refractivity contribution >= 4 is 33.3 Å². The highest BCUT2D eigenvalue weighted by molar-refractivity contribution is 7.14. The van der Waals surface area contributed by atoms with Crippen molar-refractivity contribution in [3.63, 3.8) is 0 Å². The van der Waals surface area contributed by atoms with Crippen LogP contribution in [0, 0.1) is 6.92 Å². The van der Waals surface area contributed by atoms with Crippen LogP contribution in [0.15, 0.2) is 47.8 Å². The molecule has 0 unspecified atom stereocenters. The summed E-state index contributed by atoms with van der Waals surface area (Å²) in [7, 11) is 4.81. The normalized spacial score (nSPS) is 10.7. The highest BCUT2D eigenvalue weighted by Gasteiger charge is 2.16. The molecule has 0 saturated carbocycles. The van der Waals surface area contributed by atoms with E-state index < -0.39 is 0 Å². The van der Waals surface area contributed by atoms with Crippen LogP contribution in [0.25, 0.3) is 22.2 Å². The highest BCUT2D eigenvalue weighted by atomic mass is 32.1. The lowest BCUT2D eigenvalue weighted by atomic mass is 10.1. The van der Waals surface area contributed by atoms with Crippen molar-refractivity contribution in [2.75, 3.05) is 26.6 Å². The SMILES string of the molecule is COc1ccc(OC)c(-c2csc(NC(=O)c3cc4cc(OC)ccc4nc3C)n2)c1. The Balaban J connectivity index is 1.62. The van der Waals surface area contributed by atoms with Crippen LogP contribution in [0.4, 0.5) is 5.13 Å². The number of amides is 1. The molecule has 2 heterocycles. The Morgan fingerprint density at radius 1 is 0.935 bits per heavy atom. The average molecular weight is 436 g/mol. The molecule has 7 nitrogen and oxygen atoms in total. The summed E-state index contributed by atoms with van der Waals surface area (Å²) in [6, 6.07) is 12.9. The van der Waals surface area contributed by atoms with E-state index >= 15 is 0 Å². The van der Waals surface area contributed by atoms with E-state index in [2.05, 4.69) is 15.3 Å². The molecule has 0 aliphatic heterocycles. The number of methoxy groups -OCH3 is 3. The fourth-order valence-corrected chi connectivity index (χ4v) is 3.95. The number of carbonyl (C=O) groups is 1. The molecule has 4 aromatic rings. The third-order valence-electron chi connectivity index (χ3n) is 4.86. The summed E-state index contributed by atoms with van der Waals surface area (Å²) in [6.45, 7) is 1.81. The number of hydrogen-bond acceptors (Lipinski definition) is 7. The number of nitrogens with one attached hydrogen (secondary N) is 1. The minimum atomic E-state index is -0.270. The summed E-state index contributed by atoms with van der Waals surface area (Å²) in [5, 5.41) is 6.05. The van der Waals surface area contributed by atoms with Crippen molar-refractivity contribution in [2.24, 2.45) is 0 Å². The molecule has 2 aromatic heterocycles. The van der Waals surface area contributed by atoms with Crippen LogP contribution in [-0.4, -0.2) is 37.2 Å². The van der Waals surface area contributed by atoms with E-state index in [1.54, 1.807) is 21.3 Å². The largest absolute Gasteiger partial charge is 0.497 e. The van der Waals surface area contributed by atoms with Gasteiger partial charge in [0.2, 0.25) is 0 Å². The van der Waals surface area contributed by atoms with Gasteiger partial charge < -0.3 is 14.2 Å². The molecule has 2 aromatic carbocycles. The van der Waals surface area contributed by atoms with E-state index in [4.69, 9.17) is 14.2 Å². The summed E-state index contributed by atoms with van der Waals surface area (Å²) in [4.78, 5) is 22.0. The first-order valence-corrected chi connectivity index (χ1v) is 10.3. The maximum Gasteiger partial charge on any atom is 0.259 e. The van der Waals surface area contributed by atoms with Crippen LogP contribution in [0.2, 0.25) is 0 Å². The lowest BCUT2D eigenvalue weighted by Gasteiger charge is -2.09. The van der Waals surface area contributed by atoms with Crippen LogP contribution >= 0.6 is 11.3 Å². The Morgan fingerprint density at radius 3 is 2.42 bits per heavy atom. The number of aryl methyl sites for hydroxylation is 1. The van der Waals surface area contributed by atoms with Gasteiger partial charge in [0.05, 0.1) is 43.8 Å². The summed E-state index contributed by atoms with van der Waals surface area (Å²) in [6.07, 6.45) is 0. The van der Waals surface area contributed by atoms with E-state index in [0.29, 0.717) is 39.3 Å². The van der Waals surface area contributed by atoms with E-state index in [9.17, 15) is 4.79 Å². The maximum atomic E-state index is 12.9. The number of fused-ring (bicyclic) bond motifs is 1. The molecule has 1 amide bonds. The lowest BCUT2D eigenvalue weighted by molar-refractivity contribution is 0.102.